The molecule has 0 N–H and O–H groups in total. The Labute approximate surface area is 139 Å². The average molecular weight is 332 g/mol. The summed E-state index contributed by atoms with van der Waals surface area (Å²) in [5, 5.41) is 0. The Balaban J connectivity index is 2.04. The van der Waals surface area contributed by atoms with Crippen molar-refractivity contribution in [2.45, 2.75) is 32.8 Å². The Kier molecular flexibility index (Phi) is 5.39. The summed E-state index contributed by atoms with van der Waals surface area (Å²) >= 11 is 0. The molecule has 0 bridgehead atoms. The molecule has 2 rings (SSSR count). The summed E-state index contributed by atoms with van der Waals surface area (Å²) in [5.74, 6) is 0.482. The summed E-state index contributed by atoms with van der Waals surface area (Å²) in [7, 11) is 0. The van der Waals surface area contributed by atoms with Gasteiger partial charge in [0.2, 0.25) is 0 Å². The van der Waals surface area contributed by atoms with Crippen molar-refractivity contribution in [1.82, 2.24) is 9.97 Å². The topological polar surface area (TPSA) is 52.1 Å². The van der Waals surface area contributed by atoms with E-state index in [0.29, 0.717) is 11.1 Å². The molecule has 0 saturated carbocycles. The Morgan fingerprint density at radius 1 is 1.12 bits per heavy atom. The lowest BCUT2D eigenvalue weighted by Crippen LogP contribution is -2.15. The van der Waals surface area contributed by atoms with E-state index in [0.717, 1.165) is 5.82 Å². The normalized spacial score (nSPS) is 11.9. The number of ether oxygens (including phenoxy) is 1. The van der Waals surface area contributed by atoms with Crippen LogP contribution in [0.15, 0.2) is 42.7 Å². The number of hydrogen-bond acceptors (Lipinski definition) is 4. The Morgan fingerprint density at radius 2 is 1.71 bits per heavy atom. The molecule has 4 nitrogen and oxygen atoms in total. The molecule has 6 heteroatoms. The fourth-order valence-electron chi connectivity index (χ4n) is 1.88. The van der Waals surface area contributed by atoms with Crippen LogP contribution in [-0.4, -0.2) is 22.4 Å². The predicted molar refractivity (Wildman–Crippen MR) is 87.2 cm³/mol. The molecule has 0 saturated heterocycles. The van der Waals surface area contributed by atoms with Crippen LogP contribution in [0.4, 0.5) is 8.78 Å². The van der Waals surface area contributed by atoms with E-state index in [1.54, 1.807) is 18.5 Å². The van der Waals surface area contributed by atoms with Crippen LogP contribution in [0.3, 0.4) is 0 Å². The highest BCUT2D eigenvalue weighted by Gasteiger charge is 2.16. The maximum absolute atomic E-state index is 12.1. The van der Waals surface area contributed by atoms with Gasteiger partial charge in [0.1, 0.15) is 11.6 Å². The zero-order chi connectivity index (χ0) is 17.7. The first-order chi connectivity index (χ1) is 11.3. The highest BCUT2D eigenvalue weighted by atomic mass is 19.3. The molecule has 0 aliphatic rings. The lowest BCUT2D eigenvalue weighted by molar-refractivity contribution is -0.0498. The molecule has 0 fully saturated rings. The van der Waals surface area contributed by atoms with Crippen LogP contribution >= 0.6 is 0 Å². The smallest absolute Gasteiger partial charge is 0.387 e. The Bertz CT molecular complexity index is 718. The van der Waals surface area contributed by atoms with Crippen molar-refractivity contribution in [3.05, 3.63) is 59.7 Å². The first-order valence-corrected chi connectivity index (χ1v) is 7.35. The molecule has 0 amide bonds. The van der Waals surface area contributed by atoms with E-state index in [2.05, 4.69) is 14.7 Å². The molecule has 0 radical (unpaired) electrons. The third-order valence-corrected chi connectivity index (χ3v) is 3.13. The molecule has 1 aromatic carbocycles. The second-order valence-electron chi connectivity index (χ2n) is 6.19. The van der Waals surface area contributed by atoms with Gasteiger partial charge in [0.15, 0.2) is 5.78 Å². The minimum Gasteiger partial charge on any atom is -0.435 e. The minimum absolute atomic E-state index is 0.0108. The number of allylic oxidation sites excluding steroid dienone is 1. The van der Waals surface area contributed by atoms with Gasteiger partial charge in [-0.05, 0) is 36.4 Å². The number of carbonyl (C=O) groups is 1. The van der Waals surface area contributed by atoms with Crippen LogP contribution in [0.1, 0.15) is 42.5 Å². The number of benzene rings is 1. The zero-order valence-electron chi connectivity index (χ0n) is 13.7. The van der Waals surface area contributed by atoms with Crippen molar-refractivity contribution in [2.75, 3.05) is 0 Å². The molecule has 0 atom stereocenters. The molecule has 1 aromatic heterocycles. The quantitative estimate of drug-likeness (QED) is 0.606. The highest BCUT2D eigenvalue weighted by Crippen LogP contribution is 2.18. The largest absolute Gasteiger partial charge is 0.435 e. The lowest BCUT2D eigenvalue weighted by Gasteiger charge is -2.15. The number of aromatic nitrogens is 2. The van der Waals surface area contributed by atoms with Crippen LogP contribution in [0, 0.1) is 0 Å². The number of rotatable bonds is 5. The van der Waals surface area contributed by atoms with Gasteiger partial charge >= 0.3 is 6.61 Å². The van der Waals surface area contributed by atoms with Gasteiger partial charge in [-0.25, -0.2) is 9.97 Å². The first-order valence-electron chi connectivity index (χ1n) is 7.35. The van der Waals surface area contributed by atoms with Crippen molar-refractivity contribution in [2.24, 2.45) is 0 Å². The van der Waals surface area contributed by atoms with Crippen molar-refractivity contribution < 1.29 is 18.3 Å². The van der Waals surface area contributed by atoms with Crippen LogP contribution in [0.2, 0.25) is 0 Å². The van der Waals surface area contributed by atoms with Gasteiger partial charge < -0.3 is 4.74 Å². The predicted octanol–water partition coefficient (Wildman–Crippen LogP) is 4.27. The summed E-state index contributed by atoms with van der Waals surface area (Å²) in [6, 6.07) is 5.52. The fraction of sp³-hybridized carbons (Fsp3) is 0.278. The molecular formula is C18H18F2N2O2. The standard InChI is InChI=1S/C18H18F2N2O2/c1-18(2,3)16-21-10-12(11-22-16)4-9-15(23)13-5-7-14(8-6-13)24-17(19)20/h4-11,17H,1-3H3. The van der Waals surface area contributed by atoms with Crippen LogP contribution in [0.25, 0.3) is 6.08 Å². The summed E-state index contributed by atoms with van der Waals surface area (Å²) in [4.78, 5) is 20.6. The van der Waals surface area contributed by atoms with E-state index in [4.69, 9.17) is 0 Å². The third-order valence-electron chi connectivity index (χ3n) is 3.13. The van der Waals surface area contributed by atoms with Gasteiger partial charge in [-0.2, -0.15) is 8.78 Å². The molecule has 0 spiro atoms. The van der Waals surface area contributed by atoms with Gasteiger partial charge in [0.05, 0.1) is 0 Å². The molecule has 0 aliphatic heterocycles. The molecular weight excluding hydrogens is 314 g/mol. The number of alkyl halides is 2. The summed E-state index contributed by atoms with van der Waals surface area (Å²) in [6.45, 7) is 3.16. The zero-order valence-corrected chi connectivity index (χ0v) is 13.7. The maximum atomic E-state index is 12.1. The van der Waals surface area contributed by atoms with Gasteiger partial charge in [-0.15, -0.1) is 0 Å². The molecule has 1 heterocycles. The van der Waals surface area contributed by atoms with Gasteiger partial charge in [-0.1, -0.05) is 20.8 Å². The van der Waals surface area contributed by atoms with Gasteiger partial charge in [0, 0.05) is 28.9 Å². The molecule has 0 unspecified atom stereocenters. The average Bonchev–Trinajstić information content (AvgIpc) is 2.52. The van der Waals surface area contributed by atoms with Crippen LogP contribution in [0.5, 0.6) is 5.75 Å². The SMILES string of the molecule is CC(C)(C)c1ncc(C=CC(=O)c2ccc(OC(F)F)cc2)cn1. The minimum atomic E-state index is -2.89. The number of carbonyl (C=O) groups excluding carboxylic acids is 1. The first kappa shape index (κ1) is 17.7. The van der Waals surface area contributed by atoms with E-state index in [-0.39, 0.29) is 16.9 Å². The van der Waals surface area contributed by atoms with Crippen LogP contribution < -0.4 is 4.74 Å². The highest BCUT2D eigenvalue weighted by molar-refractivity contribution is 6.06. The van der Waals surface area contributed by atoms with E-state index < -0.39 is 6.61 Å². The Morgan fingerprint density at radius 3 is 2.21 bits per heavy atom. The second kappa shape index (κ2) is 7.29. The molecule has 2 aromatic rings. The number of hydrogen-bond donors (Lipinski definition) is 0. The molecule has 126 valence electrons. The van der Waals surface area contributed by atoms with Crippen molar-refractivity contribution in [1.29, 1.82) is 0 Å². The number of nitrogens with zero attached hydrogens (tertiary/aromatic N) is 2. The molecule has 24 heavy (non-hydrogen) atoms. The van der Waals surface area contributed by atoms with Crippen LogP contribution in [-0.2, 0) is 5.41 Å². The van der Waals surface area contributed by atoms with E-state index in [9.17, 15) is 13.6 Å². The summed E-state index contributed by atoms with van der Waals surface area (Å²) < 4.78 is 28.4. The summed E-state index contributed by atoms with van der Waals surface area (Å²) in [5.41, 5.74) is 0.939. The number of ketones is 1. The van der Waals surface area contributed by atoms with Crippen molar-refractivity contribution in [3.8, 4) is 5.75 Å². The monoisotopic (exact) mass is 332 g/mol. The van der Waals surface area contributed by atoms with E-state index in [1.807, 2.05) is 20.8 Å². The van der Waals surface area contributed by atoms with Crippen molar-refractivity contribution in [3.63, 3.8) is 0 Å². The van der Waals surface area contributed by atoms with E-state index in [1.165, 1.54) is 30.3 Å². The van der Waals surface area contributed by atoms with Gasteiger partial charge in [0.25, 0.3) is 0 Å². The maximum Gasteiger partial charge on any atom is 0.387 e. The summed E-state index contributed by atoms with van der Waals surface area (Å²) in [6.07, 6.45) is 6.30. The van der Waals surface area contributed by atoms with Crippen molar-refractivity contribution >= 4 is 11.9 Å². The number of halogens is 2. The lowest BCUT2D eigenvalue weighted by atomic mass is 9.96. The third kappa shape index (κ3) is 4.94. The molecule has 0 aliphatic carbocycles. The second-order valence-corrected chi connectivity index (χ2v) is 6.19. The fourth-order valence-corrected chi connectivity index (χ4v) is 1.88. The van der Waals surface area contributed by atoms with Gasteiger partial charge in [-0.3, -0.25) is 4.79 Å². The Hall–Kier alpha value is -2.63. The van der Waals surface area contributed by atoms with E-state index >= 15 is 0 Å².